The Morgan fingerprint density at radius 3 is 2.71 bits per heavy atom. The first-order valence-corrected chi connectivity index (χ1v) is 6.41. The van der Waals surface area contributed by atoms with E-state index in [0.717, 1.165) is 17.3 Å². The van der Waals surface area contributed by atoms with E-state index in [9.17, 15) is 0 Å². The standard InChI is InChI=1S/C15H19NO/c1-11-9-14-10-13(3-4-15(14)17-11)12-5-7-16(2)8-6-12/h3-4,9-10,12H,5-8H2,1-2H3. The average molecular weight is 229 g/mol. The lowest BCUT2D eigenvalue weighted by Gasteiger charge is -2.29. The number of nitrogens with zero attached hydrogens (tertiary/aromatic N) is 1. The molecule has 2 aromatic rings. The zero-order valence-corrected chi connectivity index (χ0v) is 10.6. The predicted molar refractivity (Wildman–Crippen MR) is 70.4 cm³/mol. The molecule has 1 aliphatic heterocycles. The Morgan fingerprint density at radius 1 is 1.18 bits per heavy atom. The van der Waals surface area contributed by atoms with Crippen LogP contribution in [0.1, 0.15) is 30.1 Å². The van der Waals surface area contributed by atoms with E-state index in [0.29, 0.717) is 0 Å². The summed E-state index contributed by atoms with van der Waals surface area (Å²) in [7, 11) is 2.21. The Bertz CT molecular complexity index is 521. The van der Waals surface area contributed by atoms with E-state index in [-0.39, 0.29) is 0 Å². The molecule has 0 atom stereocenters. The molecule has 17 heavy (non-hydrogen) atoms. The van der Waals surface area contributed by atoms with Crippen molar-refractivity contribution in [2.24, 2.45) is 0 Å². The monoisotopic (exact) mass is 229 g/mol. The van der Waals surface area contributed by atoms with Crippen molar-refractivity contribution in [3.05, 3.63) is 35.6 Å². The SMILES string of the molecule is Cc1cc2cc(C3CCN(C)CC3)ccc2o1. The summed E-state index contributed by atoms with van der Waals surface area (Å²) in [5.41, 5.74) is 2.49. The predicted octanol–water partition coefficient (Wildman–Crippen LogP) is 3.55. The van der Waals surface area contributed by atoms with Gasteiger partial charge in [-0.25, -0.2) is 0 Å². The van der Waals surface area contributed by atoms with Gasteiger partial charge in [-0.2, -0.15) is 0 Å². The number of hydrogen-bond acceptors (Lipinski definition) is 2. The number of hydrogen-bond donors (Lipinski definition) is 0. The van der Waals surface area contributed by atoms with Crippen molar-refractivity contribution in [2.75, 3.05) is 20.1 Å². The van der Waals surface area contributed by atoms with Gasteiger partial charge in [-0.3, -0.25) is 0 Å². The van der Waals surface area contributed by atoms with Crippen molar-refractivity contribution >= 4 is 11.0 Å². The second kappa shape index (κ2) is 4.19. The molecule has 2 heteroatoms. The molecule has 0 unspecified atom stereocenters. The van der Waals surface area contributed by atoms with Crippen molar-refractivity contribution in [1.82, 2.24) is 4.90 Å². The number of rotatable bonds is 1. The first-order chi connectivity index (χ1) is 8.22. The molecule has 1 aliphatic rings. The van der Waals surface area contributed by atoms with Crippen LogP contribution in [-0.2, 0) is 0 Å². The van der Waals surface area contributed by atoms with Crippen LogP contribution in [0.5, 0.6) is 0 Å². The van der Waals surface area contributed by atoms with Gasteiger partial charge in [0.25, 0.3) is 0 Å². The summed E-state index contributed by atoms with van der Waals surface area (Å²) in [5, 5.41) is 1.25. The minimum atomic E-state index is 0.728. The van der Waals surface area contributed by atoms with Gasteiger partial charge in [0.2, 0.25) is 0 Å². The maximum Gasteiger partial charge on any atom is 0.134 e. The molecular formula is C15H19NO. The third-order valence-electron chi connectivity index (χ3n) is 3.85. The van der Waals surface area contributed by atoms with E-state index in [1.54, 1.807) is 0 Å². The van der Waals surface area contributed by atoms with Crippen LogP contribution in [0.25, 0.3) is 11.0 Å². The molecule has 0 radical (unpaired) electrons. The van der Waals surface area contributed by atoms with Crippen LogP contribution in [0.4, 0.5) is 0 Å². The van der Waals surface area contributed by atoms with Gasteiger partial charge in [0.15, 0.2) is 0 Å². The van der Waals surface area contributed by atoms with Crippen LogP contribution in [0.3, 0.4) is 0 Å². The molecule has 2 heterocycles. The average Bonchev–Trinajstić information content (AvgIpc) is 2.69. The lowest BCUT2D eigenvalue weighted by Crippen LogP contribution is -2.29. The zero-order chi connectivity index (χ0) is 11.8. The van der Waals surface area contributed by atoms with Gasteiger partial charge in [0.1, 0.15) is 11.3 Å². The lowest BCUT2D eigenvalue weighted by molar-refractivity contribution is 0.255. The molecule has 0 amide bonds. The Balaban J connectivity index is 1.89. The third-order valence-corrected chi connectivity index (χ3v) is 3.85. The molecule has 1 aromatic carbocycles. The maximum absolute atomic E-state index is 5.62. The van der Waals surface area contributed by atoms with Crippen LogP contribution in [0.15, 0.2) is 28.7 Å². The Labute approximate surface area is 102 Å². The van der Waals surface area contributed by atoms with Gasteiger partial charge in [0, 0.05) is 5.39 Å². The molecule has 1 aromatic heterocycles. The second-order valence-electron chi connectivity index (χ2n) is 5.23. The minimum Gasteiger partial charge on any atom is -0.461 e. The van der Waals surface area contributed by atoms with E-state index >= 15 is 0 Å². The molecule has 1 saturated heterocycles. The van der Waals surface area contributed by atoms with Crippen molar-refractivity contribution in [1.29, 1.82) is 0 Å². The fraction of sp³-hybridized carbons (Fsp3) is 0.467. The van der Waals surface area contributed by atoms with Gasteiger partial charge >= 0.3 is 0 Å². The molecule has 0 aliphatic carbocycles. The highest BCUT2D eigenvalue weighted by molar-refractivity contribution is 5.78. The van der Waals surface area contributed by atoms with Crippen LogP contribution >= 0.6 is 0 Å². The van der Waals surface area contributed by atoms with Crippen LogP contribution in [0, 0.1) is 6.92 Å². The van der Waals surface area contributed by atoms with E-state index < -0.39 is 0 Å². The molecule has 0 bridgehead atoms. The summed E-state index contributed by atoms with van der Waals surface area (Å²) in [5.74, 6) is 1.73. The van der Waals surface area contributed by atoms with Crippen LogP contribution in [0.2, 0.25) is 0 Å². The second-order valence-corrected chi connectivity index (χ2v) is 5.23. The molecule has 2 nitrogen and oxygen atoms in total. The van der Waals surface area contributed by atoms with Crippen LogP contribution < -0.4 is 0 Å². The summed E-state index contributed by atoms with van der Waals surface area (Å²) in [4.78, 5) is 2.41. The third kappa shape index (κ3) is 2.09. The molecular weight excluding hydrogens is 210 g/mol. The first-order valence-electron chi connectivity index (χ1n) is 6.41. The zero-order valence-electron chi connectivity index (χ0n) is 10.6. The number of furan rings is 1. The van der Waals surface area contributed by atoms with Crippen molar-refractivity contribution in [3.8, 4) is 0 Å². The molecule has 90 valence electrons. The van der Waals surface area contributed by atoms with Gasteiger partial charge in [-0.15, -0.1) is 0 Å². The van der Waals surface area contributed by atoms with Gasteiger partial charge in [-0.1, -0.05) is 6.07 Å². The summed E-state index contributed by atoms with van der Waals surface area (Å²) in [6.45, 7) is 4.44. The summed E-state index contributed by atoms with van der Waals surface area (Å²) in [6.07, 6.45) is 2.55. The molecule has 0 N–H and O–H groups in total. The fourth-order valence-corrected chi connectivity index (χ4v) is 2.79. The molecule has 1 fully saturated rings. The van der Waals surface area contributed by atoms with Gasteiger partial charge in [0.05, 0.1) is 0 Å². The van der Waals surface area contributed by atoms with E-state index in [4.69, 9.17) is 4.42 Å². The highest BCUT2D eigenvalue weighted by atomic mass is 16.3. The van der Waals surface area contributed by atoms with E-state index in [1.807, 2.05) is 6.92 Å². The van der Waals surface area contributed by atoms with E-state index in [1.165, 1.54) is 36.9 Å². The van der Waals surface area contributed by atoms with Gasteiger partial charge < -0.3 is 9.32 Å². The van der Waals surface area contributed by atoms with Crippen molar-refractivity contribution < 1.29 is 4.42 Å². The molecule has 0 spiro atoms. The number of piperidine rings is 1. The van der Waals surface area contributed by atoms with Crippen molar-refractivity contribution in [3.63, 3.8) is 0 Å². The fourth-order valence-electron chi connectivity index (χ4n) is 2.79. The lowest BCUT2D eigenvalue weighted by atomic mass is 9.89. The number of fused-ring (bicyclic) bond motifs is 1. The molecule has 3 rings (SSSR count). The first kappa shape index (κ1) is 10.8. The normalized spacial score (nSPS) is 18.9. The topological polar surface area (TPSA) is 16.4 Å². The minimum absolute atomic E-state index is 0.728. The number of likely N-dealkylation sites (tertiary alicyclic amines) is 1. The quantitative estimate of drug-likeness (QED) is 0.743. The van der Waals surface area contributed by atoms with Crippen LogP contribution in [-0.4, -0.2) is 25.0 Å². The smallest absolute Gasteiger partial charge is 0.134 e. The molecule has 0 saturated carbocycles. The highest BCUT2D eigenvalue weighted by Crippen LogP contribution is 2.30. The van der Waals surface area contributed by atoms with Gasteiger partial charge in [-0.05, 0) is 69.6 Å². The maximum atomic E-state index is 5.62. The number of aryl methyl sites for hydroxylation is 1. The van der Waals surface area contributed by atoms with Crippen molar-refractivity contribution in [2.45, 2.75) is 25.7 Å². The Hall–Kier alpha value is -1.28. The number of benzene rings is 1. The largest absolute Gasteiger partial charge is 0.461 e. The highest BCUT2D eigenvalue weighted by Gasteiger charge is 2.18. The summed E-state index contributed by atoms with van der Waals surface area (Å²) < 4.78 is 5.62. The Kier molecular flexibility index (Phi) is 2.67. The Morgan fingerprint density at radius 2 is 1.94 bits per heavy atom. The summed E-state index contributed by atoms with van der Waals surface area (Å²) in [6, 6.07) is 8.80. The summed E-state index contributed by atoms with van der Waals surface area (Å²) >= 11 is 0. The van der Waals surface area contributed by atoms with E-state index in [2.05, 4.69) is 36.2 Å².